The highest BCUT2D eigenvalue weighted by Gasteiger charge is 2.03. The molecule has 0 radical (unpaired) electrons. The molecule has 0 unspecified atom stereocenters. The van der Waals surface area contributed by atoms with E-state index in [4.69, 9.17) is 5.21 Å². The van der Waals surface area contributed by atoms with E-state index in [9.17, 15) is 4.79 Å². The fraction of sp³-hybridized carbons (Fsp3) is 0. The van der Waals surface area contributed by atoms with E-state index in [-0.39, 0.29) is 0 Å². The SMILES string of the molecule is O=C(/C=C/c1ccc(Sc2cccc3cnccc23)cc1)NO. The first-order chi connectivity index (χ1) is 11.3. The molecule has 0 aliphatic rings. The van der Waals surface area contributed by atoms with Crippen LogP contribution in [0, 0.1) is 0 Å². The third-order valence-electron chi connectivity index (χ3n) is 3.29. The Morgan fingerprint density at radius 2 is 1.96 bits per heavy atom. The fourth-order valence-corrected chi connectivity index (χ4v) is 3.13. The smallest absolute Gasteiger partial charge is 0.267 e. The summed E-state index contributed by atoms with van der Waals surface area (Å²) in [5, 5.41) is 10.7. The van der Waals surface area contributed by atoms with Crippen molar-refractivity contribution in [3.05, 3.63) is 72.6 Å². The number of fused-ring (bicyclic) bond motifs is 1. The molecule has 0 fully saturated rings. The van der Waals surface area contributed by atoms with E-state index in [0.717, 1.165) is 15.8 Å². The zero-order valence-corrected chi connectivity index (χ0v) is 13.0. The van der Waals surface area contributed by atoms with Crippen molar-refractivity contribution in [1.82, 2.24) is 10.5 Å². The van der Waals surface area contributed by atoms with Crippen molar-refractivity contribution in [3.8, 4) is 0 Å². The molecule has 1 aromatic heterocycles. The molecule has 2 aromatic carbocycles. The number of carbonyl (C=O) groups excluding carboxylic acids is 1. The number of hydrogen-bond acceptors (Lipinski definition) is 4. The Morgan fingerprint density at radius 3 is 2.74 bits per heavy atom. The molecular weight excluding hydrogens is 308 g/mol. The van der Waals surface area contributed by atoms with Crippen molar-refractivity contribution < 1.29 is 10.0 Å². The van der Waals surface area contributed by atoms with Gasteiger partial charge in [0.05, 0.1) is 0 Å². The standard InChI is InChI=1S/C18H14N2O2S/c21-18(20-22)9-6-13-4-7-15(8-5-13)23-17-3-1-2-14-12-19-11-10-16(14)17/h1-12,22H,(H,20,21)/b9-6+. The minimum absolute atomic E-state index is 0.548. The van der Waals surface area contributed by atoms with E-state index in [1.54, 1.807) is 29.5 Å². The minimum Gasteiger partial charge on any atom is -0.288 e. The average molecular weight is 322 g/mol. The van der Waals surface area contributed by atoms with Gasteiger partial charge in [-0.1, -0.05) is 36.0 Å². The van der Waals surface area contributed by atoms with E-state index in [2.05, 4.69) is 11.1 Å². The number of nitrogens with one attached hydrogen (secondary N) is 1. The van der Waals surface area contributed by atoms with Gasteiger partial charge in [0.1, 0.15) is 0 Å². The van der Waals surface area contributed by atoms with E-state index in [0.29, 0.717) is 0 Å². The molecule has 0 saturated carbocycles. The lowest BCUT2D eigenvalue weighted by Crippen LogP contribution is -2.14. The number of carbonyl (C=O) groups is 1. The van der Waals surface area contributed by atoms with Crippen LogP contribution in [0.1, 0.15) is 5.56 Å². The largest absolute Gasteiger partial charge is 0.288 e. The molecule has 5 heteroatoms. The van der Waals surface area contributed by atoms with Gasteiger partial charge in [-0.25, -0.2) is 5.48 Å². The molecule has 114 valence electrons. The van der Waals surface area contributed by atoms with Crippen molar-refractivity contribution in [3.63, 3.8) is 0 Å². The summed E-state index contributed by atoms with van der Waals surface area (Å²) in [7, 11) is 0. The van der Waals surface area contributed by atoms with Crippen molar-refractivity contribution in [1.29, 1.82) is 0 Å². The number of hydroxylamine groups is 1. The van der Waals surface area contributed by atoms with Crippen LogP contribution in [0.5, 0.6) is 0 Å². The highest BCUT2D eigenvalue weighted by Crippen LogP contribution is 2.33. The maximum absolute atomic E-state index is 11.0. The maximum Gasteiger partial charge on any atom is 0.267 e. The van der Waals surface area contributed by atoms with Crippen LogP contribution in [0.25, 0.3) is 16.8 Å². The monoisotopic (exact) mass is 322 g/mol. The van der Waals surface area contributed by atoms with Gasteiger partial charge in [-0.15, -0.1) is 0 Å². The number of benzene rings is 2. The molecule has 4 nitrogen and oxygen atoms in total. The molecule has 1 heterocycles. The van der Waals surface area contributed by atoms with Crippen LogP contribution < -0.4 is 5.48 Å². The molecule has 2 N–H and O–H groups in total. The summed E-state index contributed by atoms with van der Waals surface area (Å²) in [6.07, 6.45) is 6.58. The summed E-state index contributed by atoms with van der Waals surface area (Å²) in [4.78, 5) is 17.4. The molecular formula is C18H14N2O2S. The Hall–Kier alpha value is -2.63. The normalized spacial score (nSPS) is 11.0. The Labute approximate surface area is 137 Å². The summed E-state index contributed by atoms with van der Waals surface area (Å²) in [5.41, 5.74) is 2.45. The van der Waals surface area contributed by atoms with Crippen molar-refractivity contribution >= 4 is 34.5 Å². The first kappa shape index (κ1) is 15.3. The zero-order chi connectivity index (χ0) is 16.1. The zero-order valence-electron chi connectivity index (χ0n) is 12.1. The number of amides is 1. The van der Waals surface area contributed by atoms with Crippen LogP contribution in [0.2, 0.25) is 0 Å². The van der Waals surface area contributed by atoms with Gasteiger partial charge in [-0.2, -0.15) is 0 Å². The van der Waals surface area contributed by atoms with Gasteiger partial charge in [-0.3, -0.25) is 15.0 Å². The molecule has 0 atom stereocenters. The number of pyridine rings is 1. The minimum atomic E-state index is -0.548. The number of aromatic nitrogens is 1. The van der Waals surface area contributed by atoms with Crippen molar-refractivity contribution in [2.24, 2.45) is 0 Å². The Balaban J connectivity index is 1.80. The van der Waals surface area contributed by atoms with Gasteiger partial charge < -0.3 is 0 Å². The van der Waals surface area contributed by atoms with E-state index >= 15 is 0 Å². The molecule has 0 spiro atoms. The summed E-state index contributed by atoms with van der Waals surface area (Å²) in [5.74, 6) is -0.548. The van der Waals surface area contributed by atoms with Crippen LogP contribution in [0.3, 0.4) is 0 Å². The molecule has 3 rings (SSSR count). The summed E-state index contributed by atoms with van der Waals surface area (Å²) < 4.78 is 0. The number of nitrogens with zero attached hydrogens (tertiary/aromatic N) is 1. The topological polar surface area (TPSA) is 62.2 Å². The first-order valence-corrected chi connectivity index (χ1v) is 7.81. The maximum atomic E-state index is 11.0. The van der Waals surface area contributed by atoms with Crippen LogP contribution in [0.4, 0.5) is 0 Å². The van der Waals surface area contributed by atoms with Gasteiger partial charge in [0.15, 0.2) is 0 Å². The van der Waals surface area contributed by atoms with Gasteiger partial charge in [0.25, 0.3) is 5.91 Å². The fourth-order valence-electron chi connectivity index (χ4n) is 2.16. The van der Waals surface area contributed by atoms with E-state index in [1.807, 2.05) is 48.7 Å². The predicted octanol–water partition coefficient (Wildman–Crippen LogP) is 3.90. The lowest BCUT2D eigenvalue weighted by molar-refractivity contribution is -0.124. The van der Waals surface area contributed by atoms with Gasteiger partial charge in [0.2, 0.25) is 0 Å². The highest BCUT2D eigenvalue weighted by atomic mass is 32.2. The Morgan fingerprint density at radius 1 is 1.13 bits per heavy atom. The lowest BCUT2D eigenvalue weighted by Gasteiger charge is -2.06. The summed E-state index contributed by atoms with van der Waals surface area (Å²) >= 11 is 1.68. The van der Waals surface area contributed by atoms with Gasteiger partial charge >= 0.3 is 0 Å². The second kappa shape index (κ2) is 7.09. The molecule has 23 heavy (non-hydrogen) atoms. The average Bonchev–Trinajstić information content (AvgIpc) is 2.61. The third kappa shape index (κ3) is 3.77. The molecule has 1 amide bonds. The molecule has 0 aliphatic carbocycles. The van der Waals surface area contributed by atoms with Gasteiger partial charge in [-0.05, 0) is 41.3 Å². The lowest BCUT2D eigenvalue weighted by atomic mass is 10.2. The Kier molecular flexibility index (Phi) is 4.71. The molecule has 3 aromatic rings. The van der Waals surface area contributed by atoms with Crippen LogP contribution in [0.15, 0.2) is 76.8 Å². The van der Waals surface area contributed by atoms with Crippen LogP contribution in [-0.4, -0.2) is 16.1 Å². The number of hydrogen-bond donors (Lipinski definition) is 2. The molecule has 0 bridgehead atoms. The highest BCUT2D eigenvalue weighted by molar-refractivity contribution is 7.99. The van der Waals surface area contributed by atoms with Gasteiger partial charge in [0, 0.05) is 33.6 Å². The second-order valence-corrected chi connectivity index (χ2v) is 5.95. The van der Waals surface area contributed by atoms with Crippen LogP contribution >= 0.6 is 11.8 Å². The molecule has 0 aliphatic heterocycles. The summed E-state index contributed by atoms with van der Waals surface area (Å²) in [6, 6.07) is 16.0. The Bertz CT molecular complexity index is 855. The third-order valence-corrected chi connectivity index (χ3v) is 4.37. The van der Waals surface area contributed by atoms with Crippen molar-refractivity contribution in [2.45, 2.75) is 9.79 Å². The summed E-state index contributed by atoms with van der Waals surface area (Å²) in [6.45, 7) is 0. The first-order valence-electron chi connectivity index (χ1n) is 6.99. The van der Waals surface area contributed by atoms with Crippen LogP contribution in [-0.2, 0) is 4.79 Å². The second-order valence-electron chi connectivity index (χ2n) is 4.83. The van der Waals surface area contributed by atoms with E-state index in [1.165, 1.54) is 16.4 Å². The quantitative estimate of drug-likeness (QED) is 0.434. The van der Waals surface area contributed by atoms with Crippen molar-refractivity contribution in [2.75, 3.05) is 0 Å². The van der Waals surface area contributed by atoms with E-state index < -0.39 is 5.91 Å². The number of rotatable bonds is 4. The predicted molar refractivity (Wildman–Crippen MR) is 91.3 cm³/mol. The molecule has 0 saturated heterocycles.